The molecular formula is C25H29Cl3N2O2S. The molecule has 0 heterocycles. The summed E-state index contributed by atoms with van der Waals surface area (Å²) in [7, 11) is 0. The summed E-state index contributed by atoms with van der Waals surface area (Å²) in [5, 5.41) is 4.85. The lowest BCUT2D eigenvalue weighted by atomic mass is 10.1. The number of rotatable bonds is 10. The average Bonchev–Trinajstić information content (AvgIpc) is 3.29. The molecule has 2 aromatic carbocycles. The zero-order chi connectivity index (χ0) is 23.8. The molecule has 2 aromatic rings. The van der Waals surface area contributed by atoms with Crippen molar-refractivity contribution >= 4 is 58.4 Å². The number of nitrogens with zero attached hydrogens (tertiary/aromatic N) is 1. The number of halogens is 3. The fourth-order valence-corrected chi connectivity index (χ4v) is 5.73. The zero-order valence-electron chi connectivity index (χ0n) is 18.7. The number of amides is 2. The zero-order valence-corrected chi connectivity index (χ0v) is 21.7. The molecule has 0 aliphatic heterocycles. The van der Waals surface area contributed by atoms with Crippen LogP contribution in [0.25, 0.3) is 0 Å². The van der Waals surface area contributed by atoms with Gasteiger partial charge in [0, 0.05) is 33.4 Å². The normalized spacial score (nSPS) is 14.8. The molecule has 3 rings (SSSR count). The van der Waals surface area contributed by atoms with Crippen molar-refractivity contribution in [2.75, 3.05) is 5.75 Å². The topological polar surface area (TPSA) is 49.4 Å². The van der Waals surface area contributed by atoms with Gasteiger partial charge in [-0.15, -0.1) is 11.8 Å². The summed E-state index contributed by atoms with van der Waals surface area (Å²) in [6.07, 6.45) is 4.76. The molecule has 1 N–H and O–H groups in total. The number of carbonyl (C=O) groups is 2. The predicted molar refractivity (Wildman–Crippen MR) is 139 cm³/mol. The van der Waals surface area contributed by atoms with Crippen LogP contribution in [-0.4, -0.2) is 34.6 Å². The van der Waals surface area contributed by atoms with Crippen molar-refractivity contribution in [2.45, 2.75) is 63.4 Å². The Morgan fingerprint density at radius 2 is 1.79 bits per heavy atom. The Bertz CT molecular complexity index is 966. The molecule has 8 heteroatoms. The van der Waals surface area contributed by atoms with E-state index >= 15 is 0 Å². The van der Waals surface area contributed by atoms with Gasteiger partial charge in [-0.3, -0.25) is 9.59 Å². The third-order valence-electron chi connectivity index (χ3n) is 5.88. The first kappa shape index (κ1) is 26.2. The Hall–Kier alpha value is -1.40. The first-order valence-corrected chi connectivity index (χ1v) is 13.5. The van der Waals surface area contributed by atoms with Crippen molar-refractivity contribution in [1.82, 2.24) is 10.2 Å². The molecule has 4 nitrogen and oxygen atoms in total. The molecule has 1 saturated carbocycles. The summed E-state index contributed by atoms with van der Waals surface area (Å²) in [6.45, 7) is 2.18. The van der Waals surface area contributed by atoms with E-state index in [1.165, 1.54) is 11.8 Å². The summed E-state index contributed by atoms with van der Waals surface area (Å²) < 4.78 is 0. The van der Waals surface area contributed by atoms with E-state index in [1.54, 1.807) is 17.0 Å². The van der Waals surface area contributed by atoms with E-state index in [-0.39, 0.29) is 30.2 Å². The highest BCUT2D eigenvalue weighted by atomic mass is 35.5. The van der Waals surface area contributed by atoms with Crippen molar-refractivity contribution in [3.05, 3.63) is 68.7 Å². The van der Waals surface area contributed by atoms with E-state index in [0.29, 0.717) is 27.2 Å². The van der Waals surface area contributed by atoms with Crippen molar-refractivity contribution < 1.29 is 9.59 Å². The van der Waals surface area contributed by atoms with Crippen LogP contribution >= 0.6 is 46.6 Å². The van der Waals surface area contributed by atoms with Gasteiger partial charge < -0.3 is 10.2 Å². The van der Waals surface area contributed by atoms with E-state index in [4.69, 9.17) is 34.8 Å². The molecular weight excluding hydrogens is 499 g/mol. The van der Waals surface area contributed by atoms with Gasteiger partial charge in [0.1, 0.15) is 6.04 Å². The lowest BCUT2D eigenvalue weighted by Gasteiger charge is -2.31. The van der Waals surface area contributed by atoms with Gasteiger partial charge in [-0.1, -0.05) is 78.8 Å². The van der Waals surface area contributed by atoms with Crippen molar-refractivity contribution in [3.63, 3.8) is 0 Å². The molecule has 33 heavy (non-hydrogen) atoms. The molecule has 1 atom stereocenters. The highest BCUT2D eigenvalue weighted by Crippen LogP contribution is 2.26. The van der Waals surface area contributed by atoms with E-state index in [2.05, 4.69) is 5.32 Å². The maximum Gasteiger partial charge on any atom is 0.243 e. The van der Waals surface area contributed by atoms with Crippen LogP contribution in [0.15, 0.2) is 42.5 Å². The standard InChI is InChI=1S/C25H29Cl3N2O2S/c1-2-23(25(32)29-20-8-4-5-9-20)30(14-17-11-12-19(26)13-22(17)28)24(31)16-33-15-18-7-3-6-10-21(18)27/h3,6-7,10-13,20,23H,2,4-5,8-9,14-16H2,1H3,(H,29,32). The van der Waals surface area contributed by atoms with Crippen molar-refractivity contribution in [1.29, 1.82) is 0 Å². The number of nitrogens with one attached hydrogen (secondary N) is 1. The lowest BCUT2D eigenvalue weighted by Crippen LogP contribution is -2.51. The largest absolute Gasteiger partial charge is 0.352 e. The first-order valence-electron chi connectivity index (χ1n) is 11.2. The number of hydrogen-bond acceptors (Lipinski definition) is 3. The van der Waals surface area contributed by atoms with E-state index < -0.39 is 6.04 Å². The smallest absolute Gasteiger partial charge is 0.243 e. The van der Waals surface area contributed by atoms with Crippen LogP contribution in [0.3, 0.4) is 0 Å². The van der Waals surface area contributed by atoms with Crippen LogP contribution in [0.4, 0.5) is 0 Å². The third-order valence-corrected chi connectivity index (χ3v) is 7.81. The maximum absolute atomic E-state index is 13.4. The Labute approximate surface area is 215 Å². The molecule has 1 unspecified atom stereocenters. The molecule has 178 valence electrons. The van der Waals surface area contributed by atoms with E-state index in [9.17, 15) is 9.59 Å². The highest BCUT2D eigenvalue weighted by Gasteiger charge is 2.31. The minimum Gasteiger partial charge on any atom is -0.352 e. The number of hydrogen-bond donors (Lipinski definition) is 1. The lowest BCUT2D eigenvalue weighted by molar-refractivity contribution is -0.139. The van der Waals surface area contributed by atoms with Crippen LogP contribution in [0.5, 0.6) is 0 Å². The quantitative estimate of drug-likeness (QED) is 0.372. The minimum atomic E-state index is -0.564. The van der Waals surface area contributed by atoms with Gasteiger partial charge >= 0.3 is 0 Å². The van der Waals surface area contributed by atoms with Gasteiger partial charge in [0.25, 0.3) is 0 Å². The summed E-state index contributed by atoms with van der Waals surface area (Å²) in [6, 6.07) is 12.5. The first-order chi connectivity index (χ1) is 15.9. The Balaban J connectivity index is 1.74. The van der Waals surface area contributed by atoms with Crippen LogP contribution in [0, 0.1) is 0 Å². The number of thioether (sulfide) groups is 1. The number of benzene rings is 2. The summed E-state index contributed by atoms with van der Waals surface area (Å²) in [5.41, 5.74) is 1.74. The average molecular weight is 528 g/mol. The number of carbonyl (C=O) groups excluding carboxylic acids is 2. The summed E-state index contributed by atoms with van der Waals surface area (Å²) in [5.74, 6) is 0.653. The second kappa shape index (κ2) is 12.9. The van der Waals surface area contributed by atoms with Crippen LogP contribution < -0.4 is 5.32 Å². The van der Waals surface area contributed by atoms with Gasteiger partial charge in [-0.25, -0.2) is 0 Å². The highest BCUT2D eigenvalue weighted by molar-refractivity contribution is 7.99. The van der Waals surface area contributed by atoms with Gasteiger partial charge in [-0.2, -0.15) is 0 Å². The van der Waals surface area contributed by atoms with Crippen LogP contribution in [-0.2, 0) is 21.9 Å². The van der Waals surface area contributed by atoms with Crippen LogP contribution in [0.2, 0.25) is 15.1 Å². The molecule has 1 fully saturated rings. The van der Waals surface area contributed by atoms with Gasteiger partial charge in [0.05, 0.1) is 5.75 Å². The minimum absolute atomic E-state index is 0.0982. The molecule has 1 aliphatic carbocycles. The second-order valence-corrected chi connectivity index (χ2v) is 10.5. The van der Waals surface area contributed by atoms with Crippen LogP contribution in [0.1, 0.15) is 50.2 Å². The van der Waals surface area contributed by atoms with E-state index in [0.717, 1.165) is 36.8 Å². The second-order valence-electron chi connectivity index (χ2n) is 8.26. The Kier molecular flexibility index (Phi) is 10.2. The predicted octanol–water partition coefficient (Wildman–Crippen LogP) is 6.75. The molecule has 2 amide bonds. The SMILES string of the molecule is CCC(C(=O)NC1CCCC1)N(Cc1ccc(Cl)cc1Cl)C(=O)CSCc1ccccc1Cl. The molecule has 0 saturated heterocycles. The molecule has 0 spiro atoms. The van der Waals surface area contributed by atoms with Gasteiger partial charge in [0.15, 0.2) is 0 Å². The maximum atomic E-state index is 13.4. The monoisotopic (exact) mass is 526 g/mol. The fourth-order valence-electron chi connectivity index (χ4n) is 4.07. The third kappa shape index (κ3) is 7.54. The van der Waals surface area contributed by atoms with E-state index in [1.807, 2.05) is 37.3 Å². The van der Waals surface area contributed by atoms with Crippen molar-refractivity contribution in [2.24, 2.45) is 0 Å². The van der Waals surface area contributed by atoms with Gasteiger partial charge in [-0.05, 0) is 48.6 Å². The Morgan fingerprint density at radius 3 is 2.45 bits per heavy atom. The molecule has 1 aliphatic rings. The van der Waals surface area contributed by atoms with Crippen molar-refractivity contribution in [3.8, 4) is 0 Å². The Morgan fingerprint density at radius 1 is 1.06 bits per heavy atom. The fraction of sp³-hybridized carbons (Fsp3) is 0.440. The molecule has 0 radical (unpaired) electrons. The molecule has 0 aromatic heterocycles. The molecule has 0 bridgehead atoms. The van der Waals surface area contributed by atoms with Gasteiger partial charge in [0.2, 0.25) is 11.8 Å². The summed E-state index contributed by atoms with van der Waals surface area (Å²) in [4.78, 5) is 28.2. The summed E-state index contributed by atoms with van der Waals surface area (Å²) >= 11 is 20.2.